The van der Waals surface area contributed by atoms with Crippen LogP contribution in [0.3, 0.4) is 0 Å². The van der Waals surface area contributed by atoms with Crippen molar-refractivity contribution < 1.29 is 4.74 Å². The molecular weight excluding hydrogens is 278 g/mol. The summed E-state index contributed by atoms with van der Waals surface area (Å²) in [6, 6.07) is 9.45. The molecule has 0 bridgehead atoms. The zero-order valence-electron chi connectivity index (χ0n) is 12.3. The average molecular weight is 293 g/mol. The van der Waals surface area contributed by atoms with Gasteiger partial charge >= 0.3 is 0 Å². The number of anilines is 2. The predicted octanol–water partition coefficient (Wildman–Crippen LogP) is 2.99. The fraction of sp³-hybridized carbons (Fsp3) is 0.125. The first-order valence-electron chi connectivity index (χ1n) is 6.78. The molecule has 0 unspecified atom stereocenters. The molecule has 3 heterocycles. The van der Waals surface area contributed by atoms with Crippen molar-refractivity contribution in [3.63, 3.8) is 0 Å². The molecule has 0 aliphatic heterocycles. The summed E-state index contributed by atoms with van der Waals surface area (Å²) < 4.78 is 5.31. The predicted molar refractivity (Wildman–Crippen MR) is 84.1 cm³/mol. The molecule has 3 rings (SSSR count). The fourth-order valence-electron chi connectivity index (χ4n) is 1.97. The smallest absolute Gasteiger partial charge is 0.180 e. The third-order valence-electron chi connectivity index (χ3n) is 3.04. The van der Waals surface area contributed by atoms with Gasteiger partial charge in [-0.25, -0.2) is 15.0 Å². The molecule has 0 fully saturated rings. The van der Waals surface area contributed by atoms with E-state index in [1.807, 2.05) is 37.3 Å². The van der Waals surface area contributed by atoms with Gasteiger partial charge in [0.1, 0.15) is 5.69 Å². The van der Waals surface area contributed by atoms with Gasteiger partial charge in [-0.15, -0.1) is 0 Å². The van der Waals surface area contributed by atoms with Crippen molar-refractivity contribution in [2.45, 2.75) is 6.92 Å². The number of pyridine rings is 2. The van der Waals surface area contributed by atoms with Crippen LogP contribution in [-0.2, 0) is 0 Å². The van der Waals surface area contributed by atoms with E-state index in [9.17, 15) is 0 Å². The standard InChI is InChI=1S/C16H15N5O/c1-11-4-3-5-13(19-11)15-18-10-14(22-2)16(21-15)20-12-6-8-17-9-7-12/h3-10H,1-2H3,(H,17,18,20,21). The summed E-state index contributed by atoms with van der Waals surface area (Å²) in [6.45, 7) is 1.93. The van der Waals surface area contributed by atoms with Gasteiger partial charge in [-0.05, 0) is 31.2 Å². The number of hydrogen-bond donors (Lipinski definition) is 1. The quantitative estimate of drug-likeness (QED) is 0.797. The first-order chi connectivity index (χ1) is 10.8. The van der Waals surface area contributed by atoms with Crippen LogP contribution in [0.5, 0.6) is 5.75 Å². The minimum atomic E-state index is 0.543. The van der Waals surface area contributed by atoms with Crippen molar-refractivity contribution in [2.75, 3.05) is 12.4 Å². The lowest BCUT2D eigenvalue weighted by atomic mass is 10.3. The molecule has 0 aliphatic rings. The average Bonchev–Trinajstić information content (AvgIpc) is 2.56. The second-order valence-electron chi connectivity index (χ2n) is 4.64. The Morgan fingerprint density at radius 3 is 2.59 bits per heavy atom. The van der Waals surface area contributed by atoms with Gasteiger partial charge in [-0.3, -0.25) is 4.98 Å². The Hall–Kier alpha value is -3.02. The summed E-state index contributed by atoms with van der Waals surface area (Å²) in [6.07, 6.45) is 5.05. The van der Waals surface area contributed by atoms with Gasteiger partial charge in [0.05, 0.1) is 13.3 Å². The first-order valence-corrected chi connectivity index (χ1v) is 6.78. The summed E-state index contributed by atoms with van der Waals surface area (Å²) in [4.78, 5) is 17.3. The van der Waals surface area contributed by atoms with Crippen molar-refractivity contribution in [1.82, 2.24) is 19.9 Å². The number of aryl methyl sites for hydroxylation is 1. The molecule has 0 radical (unpaired) electrons. The number of aromatic nitrogens is 4. The van der Waals surface area contributed by atoms with Gasteiger partial charge in [-0.2, -0.15) is 0 Å². The van der Waals surface area contributed by atoms with Crippen LogP contribution in [0.25, 0.3) is 11.5 Å². The first kappa shape index (κ1) is 13.9. The monoisotopic (exact) mass is 293 g/mol. The van der Waals surface area contributed by atoms with E-state index in [2.05, 4.69) is 25.3 Å². The number of hydrogen-bond acceptors (Lipinski definition) is 6. The normalized spacial score (nSPS) is 10.3. The molecule has 6 heteroatoms. The summed E-state index contributed by atoms with van der Waals surface area (Å²) in [5.74, 6) is 1.69. The van der Waals surface area contributed by atoms with Crippen molar-refractivity contribution in [3.05, 3.63) is 54.6 Å². The minimum absolute atomic E-state index is 0.543. The molecule has 3 aromatic rings. The van der Waals surface area contributed by atoms with Gasteiger partial charge in [0.2, 0.25) is 0 Å². The second-order valence-corrected chi connectivity index (χ2v) is 4.64. The molecule has 1 N–H and O–H groups in total. The van der Waals surface area contributed by atoms with Crippen molar-refractivity contribution in [3.8, 4) is 17.3 Å². The summed E-state index contributed by atoms with van der Waals surface area (Å²) in [7, 11) is 1.58. The molecule has 0 atom stereocenters. The molecule has 3 aromatic heterocycles. The zero-order chi connectivity index (χ0) is 15.4. The molecule has 0 aromatic carbocycles. The Morgan fingerprint density at radius 1 is 1.05 bits per heavy atom. The maximum Gasteiger partial charge on any atom is 0.180 e. The number of methoxy groups -OCH3 is 1. The minimum Gasteiger partial charge on any atom is -0.491 e. The molecule has 0 saturated heterocycles. The van der Waals surface area contributed by atoms with Crippen LogP contribution in [0, 0.1) is 6.92 Å². The molecule has 0 amide bonds. The van der Waals surface area contributed by atoms with Crippen LogP contribution in [0.4, 0.5) is 11.5 Å². The summed E-state index contributed by atoms with van der Waals surface area (Å²) in [5, 5.41) is 3.20. The van der Waals surface area contributed by atoms with Gasteiger partial charge in [0, 0.05) is 23.8 Å². The van der Waals surface area contributed by atoms with Crippen molar-refractivity contribution in [1.29, 1.82) is 0 Å². The van der Waals surface area contributed by atoms with E-state index in [-0.39, 0.29) is 0 Å². The zero-order valence-corrected chi connectivity index (χ0v) is 12.3. The van der Waals surface area contributed by atoms with Crippen LogP contribution < -0.4 is 10.1 Å². The molecule has 0 aliphatic carbocycles. The van der Waals surface area contributed by atoms with E-state index < -0.39 is 0 Å². The van der Waals surface area contributed by atoms with Gasteiger partial charge in [0.15, 0.2) is 17.4 Å². The van der Waals surface area contributed by atoms with E-state index in [0.717, 1.165) is 17.1 Å². The summed E-state index contributed by atoms with van der Waals surface area (Å²) in [5.41, 5.74) is 2.51. The second kappa shape index (κ2) is 6.17. The highest BCUT2D eigenvalue weighted by Gasteiger charge is 2.10. The van der Waals surface area contributed by atoms with E-state index in [0.29, 0.717) is 17.4 Å². The largest absolute Gasteiger partial charge is 0.491 e. The molecule has 0 spiro atoms. The fourth-order valence-corrected chi connectivity index (χ4v) is 1.97. The van der Waals surface area contributed by atoms with Crippen molar-refractivity contribution >= 4 is 11.5 Å². The number of nitrogens with one attached hydrogen (secondary N) is 1. The molecule has 0 saturated carbocycles. The van der Waals surface area contributed by atoms with Crippen LogP contribution >= 0.6 is 0 Å². The lowest BCUT2D eigenvalue weighted by Crippen LogP contribution is -2.01. The lowest BCUT2D eigenvalue weighted by molar-refractivity contribution is 0.413. The van der Waals surface area contributed by atoms with Gasteiger partial charge in [-0.1, -0.05) is 6.07 Å². The SMILES string of the molecule is COc1cnc(-c2cccc(C)n2)nc1Nc1ccncc1. The number of rotatable bonds is 4. The maximum absolute atomic E-state index is 5.31. The lowest BCUT2D eigenvalue weighted by Gasteiger charge is -2.11. The molecule has 22 heavy (non-hydrogen) atoms. The highest BCUT2D eigenvalue weighted by Crippen LogP contribution is 2.26. The molecule has 6 nitrogen and oxygen atoms in total. The number of ether oxygens (including phenoxy) is 1. The third-order valence-corrected chi connectivity index (χ3v) is 3.04. The van der Waals surface area contributed by atoms with Crippen LogP contribution in [0.2, 0.25) is 0 Å². The van der Waals surface area contributed by atoms with E-state index in [1.54, 1.807) is 25.7 Å². The van der Waals surface area contributed by atoms with E-state index >= 15 is 0 Å². The highest BCUT2D eigenvalue weighted by molar-refractivity contribution is 5.64. The van der Waals surface area contributed by atoms with E-state index in [1.165, 1.54) is 0 Å². The van der Waals surface area contributed by atoms with Crippen molar-refractivity contribution in [2.24, 2.45) is 0 Å². The van der Waals surface area contributed by atoms with Crippen LogP contribution in [0.15, 0.2) is 48.9 Å². The Bertz CT molecular complexity index is 776. The maximum atomic E-state index is 5.31. The number of nitrogens with zero attached hydrogens (tertiary/aromatic N) is 4. The van der Waals surface area contributed by atoms with Gasteiger partial charge in [0.25, 0.3) is 0 Å². The van der Waals surface area contributed by atoms with Crippen LogP contribution in [0.1, 0.15) is 5.69 Å². The third kappa shape index (κ3) is 3.01. The van der Waals surface area contributed by atoms with E-state index in [4.69, 9.17) is 4.74 Å². The Balaban J connectivity index is 1.99. The summed E-state index contributed by atoms with van der Waals surface area (Å²) >= 11 is 0. The Morgan fingerprint density at radius 2 is 1.86 bits per heavy atom. The molecular formula is C16H15N5O. The highest BCUT2D eigenvalue weighted by atomic mass is 16.5. The van der Waals surface area contributed by atoms with Gasteiger partial charge < -0.3 is 10.1 Å². The topological polar surface area (TPSA) is 72.8 Å². The Kier molecular flexibility index (Phi) is 3.91. The molecule has 110 valence electrons. The Labute approximate surface area is 128 Å². The van der Waals surface area contributed by atoms with Crippen LogP contribution in [-0.4, -0.2) is 27.0 Å².